The van der Waals surface area contributed by atoms with Crippen molar-refractivity contribution in [2.75, 3.05) is 32.7 Å². The number of carbonyl (C=O) groups excluding carboxylic acids is 1. The van der Waals surface area contributed by atoms with Crippen LogP contribution in [-0.4, -0.2) is 69.3 Å². The molecule has 11 heteroatoms. The van der Waals surface area contributed by atoms with E-state index in [9.17, 15) is 26.4 Å². The fourth-order valence-electron chi connectivity index (χ4n) is 4.46. The van der Waals surface area contributed by atoms with Gasteiger partial charge < -0.3 is 9.64 Å². The maximum atomic E-state index is 12.9. The lowest BCUT2D eigenvalue weighted by Crippen LogP contribution is -2.52. The Labute approximate surface area is 193 Å². The summed E-state index contributed by atoms with van der Waals surface area (Å²) < 4.78 is 68.0. The van der Waals surface area contributed by atoms with Gasteiger partial charge in [-0.25, -0.2) is 13.1 Å². The smallest absolute Gasteiger partial charge is 0.406 e. The molecule has 1 N–H and O–H groups in total. The third kappa shape index (κ3) is 7.31. The molecule has 0 aromatic heterocycles. The number of nitrogens with one attached hydrogen (secondary N) is 1. The van der Waals surface area contributed by atoms with Crippen molar-refractivity contribution in [1.29, 1.82) is 0 Å². The fraction of sp³-hybridized carbons (Fsp3) is 0.682. The highest BCUT2D eigenvalue weighted by molar-refractivity contribution is 7.89. The zero-order chi connectivity index (χ0) is 24.2. The molecule has 0 spiro atoms. The second-order valence-corrected chi connectivity index (χ2v) is 10.8. The van der Waals surface area contributed by atoms with Crippen LogP contribution in [0, 0.1) is 11.8 Å². The van der Waals surface area contributed by atoms with Crippen LogP contribution in [0.2, 0.25) is 0 Å². The Bertz CT molecular complexity index is 890. The van der Waals surface area contributed by atoms with E-state index in [1.54, 1.807) is 0 Å². The summed E-state index contributed by atoms with van der Waals surface area (Å²) in [5.74, 6) is -0.159. The Kier molecular flexibility index (Phi) is 8.28. The average molecular weight is 492 g/mol. The molecule has 3 rings (SSSR count). The van der Waals surface area contributed by atoms with E-state index >= 15 is 0 Å². The number of benzene rings is 1. The fourth-order valence-corrected chi connectivity index (χ4v) is 5.58. The normalized spacial score (nSPS) is 23.0. The van der Waals surface area contributed by atoms with Gasteiger partial charge in [0.1, 0.15) is 5.75 Å². The van der Waals surface area contributed by atoms with Gasteiger partial charge in [-0.15, -0.1) is 13.2 Å². The van der Waals surface area contributed by atoms with E-state index in [-0.39, 0.29) is 29.2 Å². The topological polar surface area (TPSA) is 79.0 Å². The quantitative estimate of drug-likeness (QED) is 0.634. The predicted molar refractivity (Wildman–Crippen MR) is 117 cm³/mol. The van der Waals surface area contributed by atoms with E-state index in [2.05, 4.69) is 28.2 Å². The number of piperazine rings is 1. The minimum absolute atomic E-state index is 0.00960. The largest absolute Gasteiger partial charge is 0.573 e. The van der Waals surface area contributed by atoms with Gasteiger partial charge >= 0.3 is 6.36 Å². The summed E-state index contributed by atoms with van der Waals surface area (Å²) in [5.41, 5.74) is 0. The highest BCUT2D eigenvalue weighted by Gasteiger charge is 2.33. The number of amides is 1. The Balaban J connectivity index is 1.44. The predicted octanol–water partition coefficient (Wildman–Crippen LogP) is 3.22. The number of alkyl halides is 3. The standard InChI is InChI=1S/C22H32F3N3O4S/c1-16(2)27-11-13-28(14-12-27)21(29)18-5-3-17(4-6-18)15-26-33(30,31)20-9-7-19(8-10-20)32-22(23,24)25/h7-10,16-18,26H,3-6,11-15H2,1-2H3. The van der Waals surface area contributed by atoms with Crippen molar-refractivity contribution in [2.45, 2.75) is 56.8 Å². The monoisotopic (exact) mass is 491 g/mol. The molecule has 186 valence electrons. The van der Waals surface area contributed by atoms with Gasteiger partial charge in [-0.1, -0.05) is 0 Å². The average Bonchev–Trinajstić information content (AvgIpc) is 2.77. The molecule has 33 heavy (non-hydrogen) atoms. The zero-order valence-corrected chi connectivity index (χ0v) is 19.8. The number of halogens is 3. The summed E-state index contributed by atoms with van der Waals surface area (Å²) in [7, 11) is -3.85. The number of hydrogen-bond acceptors (Lipinski definition) is 5. The molecule has 2 fully saturated rings. The molecule has 1 aromatic carbocycles. The molecule has 0 unspecified atom stereocenters. The molecule has 0 radical (unpaired) electrons. The number of sulfonamides is 1. The summed E-state index contributed by atoms with van der Waals surface area (Å²) in [6.07, 6.45) is -1.86. The van der Waals surface area contributed by atoms with Crippen LogP contribution in [0.1, 0.15) is 39.5 Å². The lowest BCUT2D eigenvalue weighted by atomic mass is 9.81. The van der Waals surface area contributed by atoms with Crippen molar-refractivity contribution < 1.29 is 31.1 Å². The summed E-state index contributed by atoms with van der Waals surface area (Å²) in [4.78, 5) is 17.1. The second-order valence-electron chi connectivity index (χ2n) is 9.04. The molecule has 2 aliphatic rings. The van der Waals surface area contributed by atoms with E-state index in [0.29, 0.717) is 6.04 Å². The van der Waals surface area contributed by atoms with Crippen LogP contribution >= 0.6 is 0 Å². The van der Waals surface area contributed by atoms with Crippen LogP contribution in [-0.2, 0) is 14.8 Å². The lowest BCUT2D eigenvalue weighted by Gasteiger charge is -2.39. The van der Waals surface area contributed by atoms with Gasteiger partial charge in [0.2, 0.25) is 15.9 Å². The van der Waals surface area contributed by atoms with Gasteiger partial charge in [-0.3, -0.25) is 9.69 Å². The van der Waals surface area contributed by atoms with Crippen LogP contribution in [0.5, 0.6) is 5.75 Å². The van der Waals surface area contributed by atoms with Crippen LogP contribution in [0.4, 0.5) is 13.2 Å². The SMILES string of the molecule is CC(C)N1CCN(C(=O)C2CCC(CNS(=O)(=O)c3ccc(OC(F)(F)F)cc3)CC2)CC1. The molecule has 7 nitrogen and oxygen atoms in total. The van der Waals surface area contributed by atoms with Crippen LogP contribution in [0.3, 0.4) is 0 Å². The molecule has 1 saturated carbocycles. The summed E-state index contributed by atoms with van der Waals surface area (Å²) in [6.45, 7) is 7.84. The van der Waals surface area contributed by atoms with Crippen LogP contribution in [0.25, 0.3) is 0 Å². The van der Waals surface area contributed by atoms with E-state index in [1.165, 1.54) is 0 Å². The highest BCUT2D eigenvalue weighted by Crippen LogP contribution is 2.30. The number of carbonyl (C=O) groups is 1. The maximum Gasteiger partial charge on any atom is 0.573 e. The second kappa shape index (κ2) is 10.6. The third-order valence-electron chi connectivity index (χ3n) is 6.48. The highest BCUT2D eigenvalue weighted by atomic mass is 32.2. The molecule has 1 aliphatic carbocycles. The summed E-state index contributed by atoms with van der Waals surface area (Å²) in [6, 6.07) is 4.59. The van der Waals surface area contributed by atoms with E-state index in [0.717, 1.165) is 76.1 Å². The van der Waals surface area contributed by atoms with Gasteiger partial charge in [-0.2, -0.15) is 0 Å². The van der Waals surface area contributed by atoms with E-state index in [1.807, 2.05) is 4.90 Å². The first kappa shape index (κ1) is 25.8. The van der Waals surface area contributed by atoms with Crippen LogP contribution < -0.4 is 9.46 Å². The Morgan fingerprint density at radius 3 is 2.15 bits per heavy atom. The Morgan fingerprint density at radius 2 is 1.64 bits per heavy atom. The molecule has 0 atom stereocenters. The van der Waals surface area contributed by atoms with Gasteiger partial charge in [0.05, 0.1) is 4.90 Å². The molecule has 1 amide bonds. The first-order valence-corrected chi connectivity index (χ1v) is 12.8. The van der Waals surface area contributed by atoms with Crippen molar-refractivity contribution in [2.24, 2.45) is 11.8 Å². The number of hydrogen-bond donors (Lipinski definition) is 1. The third-order valence-corrected chi connectivity index (χ3v) is 7.92. The van der Waals surface area contributed by atoms with Crippen molar-refractivity contribution in [3.63, 3.8) is 0 Å². The van der Waals surface area contributed by atoms with E-state index in [4.69, 9.17) is 0 Å². The number of ether oxygens (including phenoxy) is 1. The first-order valence-electron chi connectivity index (χ1n) is 11.3. The molecular weight excluding hydrogens is 459 g/mol. The van der Waals surface area contributed by atoms with E-state index < -0.39 is 22.1 Å². The minimum atomic E-state index is -4.83. The summed E-state index contributed by atoms with van der Waals surface area (Å²) in [5, 5.41) is 0. The minimum Gasteiger partial charge on any atom is -0.406 e. The summed E-state index contributed by atoms with van der Waals surface area (Å²) >= 11 is 0. The zero-order valence-electron chi connectivity index (χ0n) is 19.0. The molecule has 0 bridgehead atoms. The van der Waals surface area contributed by atoms with Gasteiger partial charge in [0.15, 0.2) is 0 Å². The van der Waals surface area contributed by atoms with Gasteiger partial charge in [0, 0.05) is 44.7 Å². The van der Waals surface area contributed by atoms with Crippen molar-refractivity contribution >= 4 is 15.9 Å². The molecule has 1 aliphatic heterocycles. The van der Waals surface area contributed by atoms with Gasteiger partial charge in [-0.05, 0) is 69.7 Å². The Morgan fingerprint density at radius 1 is 1.06 bits per heavy atom. The molecule has 1 aromatic rings. The Hall–Kier alpha value is -1.85. The maximum absolute atomic E-state index is 12.9. The lowest BCUT2D eigenvalue weighted by molar-refractivity contribution is -0.274. The molecular formula is C22H32F3N3O4S. The van der Waals surface area contributed by atoms with Crippen molar-refractivity contribution in [1.82, 2.24) is 14.5 Å². The number of rotatable bonds is 7. The van der Waals surface area contributed by atoms with Crippen LogP contribution in [0.15, 0.2) is 29.2 Å². The van der Waals surface area contributed by atoms with Crippen molar-refractivity contribution in [3.8, 4) is 5.75 Å². The molecule has 1 heterocycles. The number of nitrogens with zero attached hydrogens (tertiary/aromatic N) is 2. The van der Waals surface area contributed by atoms with Gasteiger partial charge in [0.25, 0.3) is 0 Å². The first-order chi connectivity index (χ1) is 15.4. The molecule has 1 saturated heterocycles. The van der Waals surface area contributed by atoms with Crippen molar-refractivity contribution in [3.05, 3.63) is 24.3 Å².